The summed E-state index contributed by atoms with van der Waals surface area (Å²) in [5.74, 6) is 0.607. The van der Waals surface area contributed by atoms with Crippen molar-refractivity contribution in [1.29, 1.82) is 0 Å². The van der Waals surface area contributed by atoms with Crippen molar-refractivity contribution in [3.05, 3.63) is 34.3 Å². The topological polar surface area (TPSA) is 49.3 Å². The zero-order chi connectivity index (χ0) is 14.6. The predicted molar refractivity (Wildman–Crippen MR) is 83.3 cm³/mol. The lowest BCUT2D eigenvalue weighted by molar-refractivity contribution is -0.124. The van der Waals surface area contributed by atoms with Crippen LogP contribution >= 0.6 is 15.9 Å². The molecule has 0 bridgehead atoms. The standard InChI is InChI=1S/C16H22BrNO2/c1-2-16(20,13-6-8-14(17)9-7-13)11-18-15(19)10-12-4-3-5-12/h6-9,12,20H,2-5,10-11H2,1H3,(H,18,19). The summed E-state index contributed by atoms with van der Waals surface area (Å²) in [6.45, 7) is 2.21. The number of aliphatic hydroxyl groups is 1. The van der Waals surface area contributed by atoms with Gasteiger partial charge in [0.2, 0.25) is 5.91 Å². The first kappa shape index (κ1) is 15.5. The number of nitrogens with one attached hydrogen (secondary N) is 1. The van der Waals surface area contributed by atoms with Crippen LogP contribution in [0.15, 0.2) is 28.7 Å². The highest BCUT2D eigenvalue weighted by Crippen LogP contribution is 2.29. The maximum absolute atomic E-state index is 11.9. The number of hydrogen-bond acceptors (Lipinski definition) is 2. The van der Waals surface area contributed by atoms with Crippen molar-refractivity contribution in [1.82, 2.24) is 5.32 Å². The lowest BCUT2D eigenvalue weighted by Crippen LogP contribution is -2.41. The van der Waals surface area contributed by atoms with Crippen molar-refractivity contribution in [2.45, 2.75) is 44.6 Å². The molecule has 1 aromatic carbocycles. The Balaban J connectivity index is 1.92. The smallest absolute Gasteiger partial charge is 0.220 e. The Labute approximate surface area is 128 Å². The molecule has 2 rings (SSSR count). The molecule has 4 heteroatoms. The molecule has 1 fully saturated rings. The Morgan fingerprint density at radius 3 is 2.55 bits per heavy atom. The summed E-state index contributed by atoms with van der Waals surface area (Å²) >= 11 is 3.39. The molecule has 20 heavy (non-hydrogen) atoms. The van der Waals surface area contributed by atoms with E-state index in [0.717, 1.165) is 22.9 Å². The summed E-state index contributed by atoms with van der Waals surface area (Å²) in [4.78, 5) is 11.9. The van der Waals surface area contributed by atoms with Crippen LogP contribution in [0, 0.1) is 5.92 Å². The Kier molecular flexibility index (Phi) is 5.22. The van der Waals surface area contributed by atoms with E-state index in [0.29, 0.717) is 18.8 Å². The van der Waals surface area contributed by atoms with Gasteiger partial charge in [0, 0.05) is 10.9 Å². The van der Waals surface area contributed by atoms with Gasteiger partial charge in [-0.1, -0.05) is 41.4 Å². The lowest BCUT2D eigenvalue weighted by Gasteiger charge is -2.29. The van der Waals surface area contributed by atoms with Gasteiger partial charge in [0.1, 0.15) is 5.60 Å². The van der Waals surface area contributed by atoms with Crippen LogP contribution < -0.4 is 5.32 Å². The van der Waals surface area contributed by atoms with Crippen molar-refractivity contribution >= 4 is 21.8 Å². The van der Waals surface area contributed by atoms with Gasteiger partial charge in [0.25, 0.3) is 0 Å². The van der Waals surface area contributed by atoms with E-state index in [1.54, 1.807) is 0 Å². The first-order valence-corrected chi connectivity index (χ1v) is 8.08. The number of halogens is 1. The Bertz CT molecular complexity index is 456. The summed E-state index contributed by atoms with van der Waals surface area (Å²) < 4.78 is 0.980. The third-order valence-corrected chi connectivity index (χ3v) is 4.77. The van der Waals surface area contributed by atoms with Crippen molar-refractivity contribution in [3.63, 3.8) is 0 Å². The van der Waals surface area contributed by atoms with Gasteiger partial charge in [0.05, 0.1) is 6.54 Å². The van der Waals surface area contributed by atoms with Crippen molar-refractivity contribution < 1.29 is 9.90 Å². The molecular formula is C16H22BrNO2. The third kappa shape index (κ3) is 3.83. The summed E-state index contributed by atoms with van der Waals surface area (Å²) in [7, 11) is 0. The second-order valence-electron chi connectivity index (χ2n) is 5.67. The van der Waals surface area contributed by atoms with E-state index in [1.807, 2.05) is 31.2 Å². The molecule has 1 unspecified atom stereocenters. The van der Waals surface area contributed by atoms with Crippen LogP contribution in [-0.2, 0) is 10.4 Å². The van der Waals surface area contributed by atoms with E-state index >= 15 is 0 Å². The predicted octanol–water partition coefficient (Wildman–Crippen LogP) is 3.35. The van der Waals surface area contributed by atoms with Crippen molar-refractivity contribution in [3.8, 4) is 0 Å². The fraction of sp³-hybridized carbons (Fsp3) is 0.562. The molecule has 110 valence electrons. The fourth-order valence-corrected chi connectivity index (χ4v) is 2.73. The van der Waals surface area contributed by atoms with E-state index in [2.05, 4.69) is 21.2 Å². The Morgan fingerprint density at radius 1 is 1.40 bits per heavy atom. The number of carbonyl (C=O) groups is 1. The first-order valence-electron chi connectivity index (χ1n) is 7.28. The maximum atomic E-state index is 11.9. The van der Waals surface area contributed by atoms with Crippen LogP contribution in [0.5, 0.6) is 0 Å². The van der Waals surface area contributed by atoms with Crippen LogP contribution in [0.25, 0.3) is 0 Å². The van der Waals surface area contributed by atoms with Crippen molar-refractivity contribution in [2.75, 3.05) is 6.54 Å². The largest absolute Gasteiger partial charge is 0.383 e. The third-order valence-electron chi connectivity index (χ3n) is 4.24. The van der Waals surface area contributed by atoms with E-state index in [1.165, 1.54) is 6.42 Å². The Morgan fingerprint density at radius 2 is 2.05 bits per heavy atom. The van der Waals surface area contributed by atoms with Crippen LogP contribution in [0.4, 0.5) is 0 Å². The van der Waals surface area contributed by atoms with Gasteiger partial charge in [0.15, 0.2) is 0 Å². The molecule has 0 radical (unpaired) electrons. The normalized spacial score (nSPS) is 18.1. The van der Waals surface area contributed by atoms with Gasteiger partial charge in [-0.25, -0.2) is 0 Å². The molecule has 1 aliphatic rings. The SMILES string of the molecule is CCC(O)(CNC(=O)CC1CCC1)c1ccc(Br)cc1. The highest BCUT2D eigenvalue weighted by atomic mass is 79.9. The molecule has 3 nitrogen and oxygen atoms in total. The van der Waals surface area contributed by atoms with Gasteiger partial charge in [-0.05, 0) is 42.9 Å². The zero-order valence-corrected chi connectivity index (χ0v) is 13.4. The van der Waals surface area contributed by atoms with Gasteiger partial charge in [-0.3, -0.25) is 4.79 Å². The molecule has 1 aliphatic carbocycles. The zero-order valence-electron chi connectivity index (χ0n) is 11.9. The highest BCUT2D eigenvalue weighted by Gasteiger charge is 2.28. The second kappa shape index (κ2) is 6.72. The van der Waals surface area contributed by atoms with Gasteiger partial charge < -0.3 is 10.4 Å². The summed E-state index contributed by atoms with van der Waals surface area (Å²) in [5, 5.41) is 13.6. The summed E-state index contributed by atoms with van der Waals surface area (Å²) in [6.07, 6.45) is 4.74. The quantitative estimate of drug-likeness (QED) is 0.834. The summed E-state index contributed by atoms with van der Waals surface area (Å²) in [6, 6.07) is 7.61. The first-order chi connectivity index (χ1) is 9.53. The molecule has 0 heterocycles. The van der Waals surface area contributed by atoms with Crippen LogP contribution in [0.3, 0.4) is 0 Å². The lowest BCUT2D eigenvalue weighted by atomic mass is 9.82. The minimum Gasteiger partial charge on any atom is -0.383 e. The van der Waals surface area contributed by atoms with Gasteiger partial charge >= 0.3 is 0 Å². The fourth-order valence-electron chi connectivity index (χ4n) is 2.47. The second-order valence-corrected chi connectivity index (χ2v) is 6.59. The summed E-state index contributed by atoms with van der Waals surface area (Å²) in [5.41, 5.74) is -0.150. The monoisotopic (exact) mass is 339 g/mol. The molecule has 2 N–H and O–H groups in total. The minimum atomic E-state index is -0.990. The molecule has 0 aromatic heterocycles. The van der Waals surface area contributed by atoms with E-state index in [9.17, 15) is 9.90 Å². The molecule has 1 atom stereocenters. The molecule has 0 aliphatic heterocycles. The number of hydrogen-bond donors (Lipinski definition) is 2. The molecule has 0 spiro atoms. The average molecular weight is 340 g/mol. The minimum absolute atomic E-state index is 0.0543. The maximum Gasteiger partial charge on any atom is 0.220 e. The molecular weight excluding hydrogens is 318 g/mol. The highest BCUT2D eigenvalue weighted by molar-refractivity contribution is 9.10. The van der Waals surface area contributed by atoms with E-state index in [-0.39, 0.29) is 12.5 Å². The van der Waals surface area contributed by atoms with Crippen LogP contribution in [0.2, 0.25) is 0 Å². The number of amides is 1. The van der Waals surface area contributed by atoms with Gasteiger partial charge in [-0.2, -0.15) is 0 Å². The molecule has 1 amide bonds. The molecule has 1 saturated carbocycles. The van der Waals surface area contributed by atoms with Crippen LogP contribution in [-0.4, -0.2) is 17.6 Å². The number of rotatable bonds is 6. The van der Waals surface area contributed by atoms with E-state index in [4.69, 9.17) is 0 Å². The van der Waals surface area contributed by atoms with Gasteiger partial charge in [-0.15, -0.1) is 0 Å². The number of benzene rings is 1. The molecule has 0 saturated heterocycles. The average Bonchev–Trinajstić information content (AvgIpc) is 2.41. The van der Waals surface area contributed by atoms with E-state index < -0.39 is 5.60 Å². The number of carbonyl (C=O) groups excluding carboxylic acids is 1. The molecule has 1 aromatic rings. The van der Waals surface area contributed by atoms with Crippen molar-refractivity contribution in [2.24, 2.45) is 5.92 Å². The van der Waals surface area contributed by atoms with Crippen LogP contribution in [0.1, 0.15) is 44.6 Å². The Hall–Kier alpha value is -0.870.